The first kappa shape index (κ1) is 23.1. The van der Waals surface area contributed by atoms with Crippen molar-refractivity contribution in [2.75, 3.05) is 0 Å². The van der Waals surface area contributed by atoms with Crippen LogP contribution < -0.4 is 21.2 Å². The van der Waals surface area contributed by atoms with Crippen molar-refractivity contribution >= 4 is 39.6 Å². The molecule has 6 rings (SSSR count). The van der Waals surface area contributed by atoms with Gasteiger partial charge in [-0.3, -0.25) is 0 Å². The molecule has 0 N–H and O–H groups in total. The van der Waals surface area contributed by atoms with Crippen LogP contribution in [0.1, 0.15) is 17.2 Å². The first-order valence-electron chi connectivity index (χ1n) is 11.7. The third kappa shape index (κ3) is 3.14. The van der Waals surface area contributed by atoms with Gasteiger partial charge in [0, 0.05) is 0 Å². The second kappa shape index (κ2) is 8.64. The van der Waals surface area contributed by atoms with Crippen LogP contribution in [0.3, 0.4) is 0 Å². The van der Waals surface area contributed by atoms with Crippen LogP contribution in [0, 0.1) is 11.6 Å². The zero-order valence-corrected chi connectivity index (χ0v) is 20.8. The molecular weight excluding hydrogens is 493 g/mol. The molecule has 1 atom stereocenters. The molecule has 178 valence electrons. The molecule has 0 unspecified atom stereocenters. The summed E-state index contributed by atoms with van der Waals surface area (Å²) >= 11 is 6.19. The molecule has 0 bridgehead atoms. The fourth-order valence-electron chi connectivity index (χ4n) is 5.52. The molecule has 1 aliphatic heterocycles. The van der Waals surface area contributed by atoms with Gasteiger partial charge in [0.15, 0.2) is 0 Å². The number of benzene rings is 5. The molecule has 5 aromatic rings. The van der Waals surface area contributed by atoms with E-state index in [2.05, 4.69) is 0 Å². The van der Waals surface area contributed by atoms with E-state index in [1.807, 2.05) is 103 Å². The summed E-state index contributed by atoms with van der Waals surface area (Å²) in [4.78, 5) is 0. The van der Waals surface area contributed by atoms with Gasteiger partial charge in [-0.15, -0.1) is 0 Å². The van der Waals surface area contributed by atoms with Crippen molar-refractivity contribution in [3.63, 3.8) is 0 Å². The van der Waals surface area contributed by atoms with Gasteiger partial charge >= 0.3 is 214 Å². The Bertz CT molecular complexity index is 1440. The third-order valence-corrected chi connectivity index (χ3v) is 13.1. The SMILES string of the molecule is Fc1cc2c(cc1F)P(c1ccccc1)(c1ccccc1)(c1ccccc1)O[C@H]2c1ccc(Cl)cc1. The summed E-state index contributed by atoms with van der Waals surface area (Å²) in [6.07, 6.45) is -0.634. The molecule has 0 fully saturated rings. The molecule has 5 heteroatoms. The number of halogens is 3. The van der Waals surface area contributed by atoms with E-state index >= 15 is 4.39 Å². The molecule has 0 amide bonds. The van der Waals surface area contributed by atoms with Crippen LogP contribution in [0.4, 0.5) is 8.78 Å². The predicted molar refractivity (Wildman–Crippen MR) is 146 cm³/mol. The van der Waals surface area contributed by atoms with Gasteiger partial charge < -0.3 is 0 Å². The Morgan fingerprint density at radius 1 is 0.583 bits per heavy atom. The Labute approximate surface area is 214 Å². The van der Waals surface area contributed by atoms with Crippen molar-refractivity contribution in [1.82, 2.24) is 0 Å². The van der Waals surface area contributed by atoms with Crippen molar-refractivity contribution in [3.05, 3.63) is 155 Å². The van der Waals surface area contributed by atoms with E-state index in [1.54, 1.807) is 12.1 Å². The summed E-state index contributed by atoms with van der Waals surface area (Å²) in [5.41, 5.74) is 1.44. The van der Waals surface area contributed by atoms with E-state index < -0.39 is 24.6 Å². The van der Waals surface area contributed by atoms with Crippen molar-refractivity contribution < 1.29 is 13.3 Å². The van der Waals surface area contributed by atoms with E-state index in [4.69, 9.17) is 16.1 Å². The van der Waals surface area contributed by atoms with Crippen molar-refractivity contribution in [3.8, 4) is 0 Å². The van der Waals surface area contributed by atoms with Gasteiger partial charge in [-0.2, -0.15) is 0 Å². The summed E-state index contributed by atoms with van der Waals surface area (Å²) in [5.74, 6) is -1.80. The minimum atomic E-state index is -4.02. The van der Waals surface area contributed by atoms with Crippen LogP contribution in [-0.4, -0.2) is 0 Å². The number of fused-ring (bicyclic) bond motifs is 1. The molecule has 0 saturated heterocycles. The molecule has 36 heavy (non-hydrogen) atoms. The quantitative estimate of drug-likeness (QED) is 0.239. The Hall–Kier alpha value is -3.36. The first-order chi connectivity index (χ1) is 17.5. The maximum atomic E-state index is 15.2. The van der Waals surface area contributed by atoms with Crippen molar-refractivity contribution in [1.29, 1.82) is 0 Å². The zero-order valence-electron chi connectivity index (χ0n) is 19.2. The predicted octanol–water partition coefficient (Wildman–Crippen LogP) is 6.81. The molecule has 0 aromatic heterocycles. The van der Waals surface area contributed by atoms with Crippen LogP contribution in [-0.2, 0) is 4.52 Å². The average molecular weight is 515 g/mol. The van der Waals surface area contributed by atoms with E-state index in [9.17, 15) is 4.39 Å². The Morgan fingerprint density at radius 3 is 1.50 bits per heavy atom. The number of hydrogen-bond acceptors (Lipinski definition) is 1. The van der Waals surface area contributed by atoms with E-state index in [-0.39, 0.29) is 0 Å². The topological polar surface area (TPSA) is 9.23 Å². The monoisotopic (exact) mass is 514 g/mol. The number of hydrogen-bond donors (Lipinski definition) is 0. The minimum absolute atomic E-state index is 0.592. The summed E-state index contributed by atoms with van der Waals surface area (Å²) < 4.78 is 37.5. The van der Waals surface area contributed by atoms with Gasteiger partial charge in [-0.05, 0) is 0 Å². The molecule has 0 aliphatic carbocycles. The molecule has 0 spiro atoms. The van der Waals surface area contributed by atoms with Gasteiger partial charge in [0.1, 0.15) is 0 Å². The molecule has 0 saturated carbocycles. The molecule has 0 radical (unpaired) electrons. The van der Waals surface area contributed by atoms with Gasteiger partial charge in [0.25, 0.3) is 0 Å². The molecule has 1 heterocycles. The Kier molecular flexibility index (Phi) is 5.53. The summed E-state index contributed by atoms with van der Waals surface area (Å²) in [7, 11) is 0. The van der Waals surface area contributed by atoms with Gasteiger partial charge in [-0.25, -0.2) is 0 Å². The third-order valence-electron chi connectivity index (χ3n) is 7.05. The summed E-state index contributed by atoms with van der Waals surface area (Å²) in [6.45, 7) is -4.02. The standard InChI is InChI=1S/C31H22ClF2OP/c32-23-18-16-22(17-19-23)31-27-20-28(33)29(34)21-30(27)36(35-31,24-10-4-1-5-11-24,25-12-6-2-7-13-25)26-14-8-3-9-15-26/h1-21,31H/t31-/m0/s1. The van der Waals surface area contributed by atoms with Crippen LogP contribution >= 0.6 is 18.4 Å². The summed E-state index contributed by atoms with van der Waals surface area (Å²) in [5, 5.41) is 4.02. The number of rotatable bonds is 4. The van der Waals surface area contributed by atoms with Crippen LogP contribution in [0.25, 0.3) is 0 Å². The fourth-order valence-corrected chi connectivity index (χ4v) is 11.8. The molecule has 5 aromatic carbocycles. The second-order valence-corrected chi connectivity index (χ2v) is 13.7. The van der Waals surface area contributed by atoms with Crippen molar-refractivity contribution in [2.45, 2.75) is 6.10 Å². The normalized spacial score (nSPS) is 18.6. The van der Waals surface area contributed by atoms with Gasteiger partial charge in [-0.1, -0.05) is 0 Å². The molecule has 1 nitrogen and oxygen atoms in total. The van der Waals surface area contributed by atoms with Gasteiger partial charge in [0.2, 0.25) is 0 Å². The fraction of sp³-hybridized carbons (Fsp3) is 0.0323. The summed E-state index contributed by atoms with van der Waals surface area (Å²) in [6, 6.07) is 39.9. The van der Waals surface area contributed by atoms with Crippen LogP contribution in [0.2, 0.25) is 5.02 Å². The zero-order chi connectivity index (χ0) is 24.8. The maximum absolute atomic E-state index is 15.2. The van der Waals surface area contributed by atoms with Crippen molar-refractivity contribution in [2.24, 2.45) is 0 Å². The Balaban J connectivity index is 1.84. The van der Waals surface area contributed by atoms with Crippen LogP contribution in [0.5, 0.6) is 0 Å². The average Bonchev–Trinajstić information content (AvgIpc) is 3.23. The Morgan fingerprint density at radius 2 is 1.03 bits per heavy atom. The molecular formula is C31H22ClF2OP. The van der Waals surface area contributed by atoms with Crippen LogP contribution in [0.15, 0.2) is 127 Å². The van der Waals surface area contributed by atoms with Gasteiger partial charge in [0.05, 0.1) is 0 Å². The second-order valence-electron chi connectivity index (χ2n) is 8.90. The van der Waals surface area contributed by atoms with E-state index in [1.165, 1.54) is 12.1 Å². The van der Waals surface area contributed by atoms with E-state index in [0.717, 1.165) is 21.5 Å². The van der Waals surface area contributed by atoms with E-state index in [0.29, 0.717) is 15.9 Å². The molecule has 1 aliphatic rings. The first-order valence-corrected chi connectivity index (χ1v) is 14.2.